The van der Waals surface area contributed by atoms with Gasteiger partial charge in [-0.05, 0) is 54.1 Å². The molecule has 0 amide bonds. The standard InChI is InChI=1S/C22H14O5S2/c23-14-5-1-12(2-6-14)20-16-9-10-19(29)18(11-17(16)26-22(20)25)27-21(24)13-3-7-15(28)8-4-13/h1-11,23,28-29H. The fraction of sp³-hybridized carbons (Fsp3) is 0. The summed E-state index contributed by atoms with van der Waals surface area (Å²) in [5.41, 5.74) is 1.32. The van der Waals surface area contributed by atoms with Crippen LogP contribution in [0.3, 0.4) is 0 Å². The van der Waals surface area contributed by atoms with Crippen LogP contribution < -0.4 is 10.4 Å². The van der Waals surface area contributed by atoms with E-state index in [2.05, 4.69) is 25.3 Å². The number of hydrogen-bond donors (Lipinski definition) is 3. The normalized spacial score (nSPS) is 10.8. The van der Waals surface area contributed by atoms with E-state index in [-0.39, 0.29) is 17.3 Å². The average Bonchev–Trinajstić information content (AvgIpc) is 2.93. The van der Waals surface area contributed by atoms with Gasteiger partial charge in [-0.15, -0.1) is 25.3 Å². The van der Waals surface area contributed by atoms with Crippen LogP contribution in [0.25, 0.3) is 22.5 Å². The molecule has 0 unspecified atom stereocenters. The number of phenols is 1. The second-order valence-electron chi connectivity index (χ2n) is 6.25. The number of aromatic hydroxyl groups is 1. The highest BCUT2D eigenvalue weighted by molar-refractivity contribution is 7.80. The van der Waals surface area contributed by atoms with E-state index in [1.54, 1.807) is 48.5 Å². The number of thiol groups is 2. The van der Waals surface area contributed by atoms with Gasteiger partial charge in [-0.1, -0.05) is 12.1 Å². The molecule has 0 bridgehead atoms. The molecule has 29 heavy (non-hydrogen) atoms. The van der Waals surface area contributed by atoms with Gasteiger partial charge in [0.05, 0.1) is 11.1 Å². The smallest absolute Gasteiger partial charge is 0.344 e. The zero-order chi connectivity index (χ0) is 20.5. The van der Waals surface area contributed by atoms with E-state index < -0.39 is 11.6 Å². The van der Waals surface area contributed by atoms with E-state index in [0.717, 1.165) is 4.90 Å². The molecule has 5 nitrogen and oxygen atoms in total. The molecule has 0 atom stereocenters. The van der Waals surface area contributed by atoms with Crippen molar-refractivity contribution < 1.29 is 19.1 Å². The van der Waals surface area contributed by atoms with Crippen molar-refractivity contribution in [3.8, 4) is 33.9 Å². The molecular formula is C22H14O5S2. The van der Waals surface area contributed by atoms with Crippen molar-refractivity contribution in [2.45, 2.75) is 9.79 Å². The highest BCUT2D eigenvalue weighted by Gasteiger charge is 2.21. The first-order valence-corrected chi connectivity index (χ1v) is 9.42. The highest BCUT2D eigenvalue weighted by atomic mass is 32.1. The summed E-state index contributed by atoms with van der Waals surface area (Å²) in [6, 6.07) is 17.6. The van der Waals surface area contributed by atoms with Crippen LogP contribution >= 0.6 is 25.3 Å². The Bertz CT molecular complexity index is 1230. The summed E-state index contributed by atoms with van der Waals surface area (Å²) in [5.74, 6) is -0.0563. The van der Waals surface area contributed by atoms with Crippen molar-refractivity contribution in [2.75, 3.05) is 0 Å². The minimum Gasteiger partial charge on any atom is -0.508 e. The van der Waals surface area contributed by atoms with Gasteiger partial charge in [-0.2, -0.15) is 0 Å². The number of esters is 1. The molecule has 2 aliphatic rings. The average molecular weight is 422 g/mol. The molecule has 1 N–H and O–H groups in total. The predicted molar refractivity (Wildman–Crippen MR) is 115 cm³/mol. The van der Waals surface area contributed by atoms with Crippen LogP contribution in [0.5, 0.6) is 11.5 Å². The largest absolute Gasteiger partial charge is 0.508 e. The monoisotopic (exact) mass is 422 g/mol. The quantitative estimate of drug-likeness (QED) is 0.323. The lowest BCUT2D eigenvalue weighted by molar-refractivity contribution is 0.0730. The molecule has 2 aromatic carbocycles. The lowest BCUT2D eigenvalue weighted by Gasteiger charge is -2.05. The summed E-state index contributed by atoms with van der Waals surface area (Å²) in [5, 5.41) is 9.48. The number of carbonyl (C=O) groups is 1. The number of furan rings is 1. The van der Waals surface area contributed by atoms with Crippen LogP contribution in [0.1, 0.15) is 10.4 Å². The first-order chi connectivity index (χ1) is 13.9. The third-order valence-electron chi connectivity index (χ3n) is 4.33. The molecule has 0 aromatic heterocycles. The number of phenolic OH excluding ortho intramolecular Hbond substituents is 1. The molecular weight excluding hydrogens is 408 g/mol. The van der Waals surface area contributed by atoms with Crippen molar-refractivity contribution in [3.05, 3.63) is 82.7 Å². The Hall–Kier alpha value is -3.16. The maximum atomic E-state index is 12.4. The number of carbonyl (C=O) groups excluding carboxylic acids is 1. The van der Waals surface area contributed by atoms with Crippen LogP contribution in [0, 0.1) is 0 Å². The molecule has 1 aliphatic carbocycles. The number of fused-ring (bicyclic) bond motifs is 1. The topological polar surface area (TPSA) is 76.7 Å². The minimum atomic E-state index is -0.569. The second-order valence-corrected chi connectivity index (χ2v) is 7.25. The maximum absolute atomic E-state index is 12.4. The van der Waals surface area contributed by atoms with Gasteiger partial charge in [0.25, 0.3) is 0 Å². The molecule has 0 fully saturated rings. The molecule has 2 aromatic rings. The third kappa shape index (κ3) is 3.87. The molecule has 0 saturated carbocycles. The lowest BCUT2D eigenvalue weighted by Crippen LogP contribution is -2.08. The van der Waals surface area contributed by atoms with Crippen LogP contribution in [-0.4, -0.2) is 11.1 Å². The molecule has 0 saturated heterocycles. The molecule has 7 heteroatoms. The Morgan fingerprint density at radius 3 is 2.31 bits per heavy atom. The Balaban J connectivity index is 1.74. The van der Waals surface area contributed by atoms with E-state index in [0.29, 0.717) is 27.1 Å². The van der Waals surface area contributed by atoms with Gasteiger partial charge in [0.15, 0.2) is 0 Å². The van der Waals surface area contributed by atoms with Gasteiger partial charge < -0.3 is 14.3 Å². The third-order valence-corrected chi connectivity index (χ3v) is 4.99. The van der Waals surface area contributed by atoms with E-state index in [1.807, 2.05) is 0 Å². The molecule has 0 spiro atoms. The van der Waals surface area contributed by atoms with Gasteiger partial charge >= 0.3 is 11.6 Å². The van der Waals surface area contributed by atoms with Crippen LogP contribution in [0.4, 0.5) is 0 Å². The summed E-state index contributed by atoms with van der Waals surface area (Å²) in [6.45, 7) is 0. The Labute approximate surface area is 176 Å². The summed E-state index contributed by atoms with van der Waals surface area (Å²) in [7, 11) is 0. The zero-order valence-electron chi connectivity index (χ0n) is 14.8. The fourth-order valence-corrected chi connectivity index (χ4v) is 3.22. The SMILES string of the molecule is O=C(Oc1cc2oc(=O)c(-c3ccc(O)cc3)c-2ccc1S)c1ccc(S)cc1. The summed E-state index contributed by atoms with van der Waals surface area (Å²) in [6.07, 6.45) is 0. The molecule has 4 rings (SSSR count). The molecule has 1 aliphatic heterocycles. The molecule has 144 valence electrons. The predicted octanol–water partition coefficient (Wildman–Crippen LogP) is 4.91. The Kier molecular flexibility index (Phi) is 5.08. The molecule has 1 heterocycles. The number of rotatable bonds is 3. The molecule has 0 radical (unpaired) electrons. The Morgan fingerprint density at radius 1 is 0.931 bits per heavy atom. The van der Waals surface area contributed by atoms with Gasteiger partial charge in [0.2, 0.25) is 0 Å². The zero-order valence-corrected chi connectivity index (χ0v) is 16.6. The lowest BCUT2D eigenvalue weighted by atomic mass is 10.0. The number of hydrogen-bond acceptors (Lipinski definition) is 7. The van der Waals surface area contributed by atoms with E-state index in [9.17, 15) is 14.7 Å². The van der Waals surface area contributed by atoms with Gasteiger partial charge in [0, 0.05) is 21.4 Å². The number of ether oxygens (including phenoxy) is 1. The van der Waals surface area contributed by atoms with Crippen LogP contribution in [-0.2, 0) is 0 Å². The van der Waals surface area contributed by atoms with E-state index in [1.165, 1.54) is 18.2 Å². The van der Waals surface area contributed by atoms with Crippen molar-refractivity contribution in [3.63, 3.8) is 0 Å². The van der Waals surface area contributed by atoms with E-state index >= 15 is 0 Å². The summed E-state index contributed by atoms with van der Waals surface area (Å²) >= 11 is 8.58. The van der Waals surface area contributed by atoms with Gasteiger partial charge in [0.1, 0.15) is 17.3 Å². The highest BCUT2D eigenvalue weighted by Crippen LogP contribution is 2.36. The van der Waals surface area contributed by atoms with Crippen molar-refractivity contribution in [2.24, 2.45) is 0 Å². The van der Waals surface area contributed by atoms with Crippen molar-refractivity contribution in [1.29, 1.82) is 0 Å². The summed E-state index contributed by atoms with van der Waals surface area (Å²) < 4.78 is 10.9. The summed E-state index contributed by atoms with van der Waals surface area (Å²) in [4.78, 5) is 26.0. The first kappa shape index (κ1) is 19.2. The first-order valence-electron chi connectivity index (χ1n) is 8.53. The minimum absolute atomic E-state index is 0.0948. The van der Waals surface area contributed by atoms with Gasteiger partial charge in [-0.25, -0.2) is 9.59 Å². The van der Waals surface area contributed by atoms with Crippen molar-refractivity contribution >= 4 is 31.2 Å². The second kappa shape index (κ2) is 7.69. The number of benzene rings is 2. The van der Waals surface area contributed by atoms with Gasteiger partial charge in [-0.3, -0.25) is 0 Å². The maximum Gasteiger partial charge on any atom is 0.344 e. The van der Waals surface area contributed by atoms with Crippen molar-refractivity contribution in [1.82, 2.24) is 0 Å². The fourth-order valence-electron chi connectivity index (χ4n) is 2.89. The Morgan fingerprint density at radius 2 is 1.62 bits per heavy atom. The van der Waals surface area contributed by atoms with E-state index in [4.69, 9.17) is 9.15 Å². The van der Waals surface area contributed by atoms with Crippen LogP contribution in [0.15, 0.2) is 85.7 Å². The van der Waals surface area contributed by atoms with Crippen LogP contribution in [0.2, 0.25) is 0 Å².